The molecular formula is C22H29N5O2S. The predicted octanol–water partition coefficient (Wildman–Crippen LogP) is 3.42. The minimum absolute atomic E-state index is 0.0425. The third-order valence-corrected chi connectivity index (χ3v) is 6.76. The molecule has 1 fully saturated rings. The average Bonchev–Trinajstić information content (AvgIpc) is 3.35. The summed E-state index contributed by atoms with van der Waals surface area (Å²) in [6.07, 6.45) is 0. The molecule has 1 saturated heterocycles. The van der Waals surface area contributed by atoms with Gasteiger partial charge in [0.15, 0.2) is 5.13 Å². The van der Waals surface area contributed by atoms with Crippen molar-refractivity contribution in [2.24, 2.45) is 0 Å². The van der Waals surface area contributed by atoms with E-state index < -0.39 is 0 Å². The first-order valence-electron chi connectivity index (χ1n) is 10.5. The summed E-state index contributed by atoms with van der Waals surface area (Å²) >= 11 is 1.58. The van der Waals surface area contributed by atoms with Gasteiger partial charge in [0.25, 0.3) is 5.91 Å². The summed E-state index contributed by atoms with van der Waals surface area (Å²) in [7, 11) is 0. The molecule has 1 amide bonds. The number of aromatic nitrogens is 3. The minimum atomic E-state index is -0.0425. The molecule has 3 aromatic rings. The van der Waals surface area contributed by atoms with Crippen LogP contribution in [0.5, 0.6) is 0 Å². The van der Waals surface area contributed by atoms with Crippen LogP contribution in [-0.4, -0.2) is 65.0 Å². The molecule has 0 saturated carbocycles. The largest absolute Gasteiger partial charge is 0.379 e. The molecule has 0 radical (unpaired) electrons. The van der Waals surface area contributed by atoms with Gasteiger partial charge in [0.2, 0.25) is 0 Å². The molecule has 8 heteroatoms. The average molecular weight is 428 g/mol. The van der Waals surface area contributed by atoms with Crippen LogP contribution in [0.3, 0.4) is 0 Å². The molecule has 3 heterocycles. The summed E-state index contributed by atoms with van der Waals surface area (Å²) in [6, 6.07) is 6.09. The maximum absolute atomic E-state index is 13.6. The van der Waals surface area contributed by atoms with Gasteiger partial charge >= 0.3 is 0 Å². The fourth-order valence-corrected chi connectivity index (χ4v) is 4.83. The van der Waals surface area contributed by atoms with Crippen molar-refractivity contribution >= 4 is 32.6 Å². The van der Waals surface area contributed by atoms with Crippen LogP contribution < -0.4 is 4.90 Å². The van der Waals surface area contributed by atoms with Crippen LogP contribution in [-0.2, 0) is 11.3 Å². The van der Waals surface area contributed by atoms with Gasteiger partial charge in [0.05, 0.1) is 29.1 Å². The third-order valence-electron chi connectivity index (χ3n) is 5.71. The van der Waals surface area contributed by atoms with E-state index in [0.29, 0.717) is 18.8 Å². The van der Waals surface area contributed by atoms with Gasteiger partial charge in [-0.15, -0.1) is 0 Å². The van der Waals surface area contributed by atoms with Crippen LogP contribution in [0.1, 0.15) is 34.2 Å². The Labute approximate surface area is 181 Å². The van der Waals surface area contributed by atoms with Crippen molar-refractivity contribution in [1.82, 2.24) is 19.7 Å². The molecular weight excluding hydrogens is 398 g/mol. The number of carbonyl (C=O) groups is 1. The van der Waals surface area contributed by atoms with E-state index in [0.717, 1.165) is 53.9 Å². The van der Waals surface area contributed by atoms with Crippen molar-refractivity contribution in [2.75, 3.05) is 44.3 Å². The number of rotatable bonds is 6. The lowest BCUT2D eigenvalue weighted by Gasteiger charge is -2.29. The molecule has 7 nitrogen and oxygen atoms in total. The highest BCUT2D eigenvalue weighted by Gasteiger charge is 2.26. The summed E-state index contributed by atoms with van der Waals surface area (Å²) in [5, 5.41) is 5.22. The van der Waals surface area contributed by atoms with Gasteiger partial charge in [0, 0.05) is 32.7 Å². The van der Waals surface area contributed by atoms with E-state index in [4.69, 9.17) is 9.72 Å². The second-order valence-corrected chi connectivity index (χ2v) is 8.76. The molecule has 0 N–H and O–H groups in total. The van der Waals surface area contributed by atoms with E-state index in [1.165, 1.54) is 11.1 Å². The monoisotopic (exact) mass is 427 g/mol. The van der Waals surface area contributed by atoms with Gasteiger partial charge < -0.3 is 4.74 Å². The topological polar surface area (TPSA) is 63.5 Å². The number of anilines is 1. The van der Waals surface area contributed by atoms with Gasteiger partial charge in [0.1, 0.15) is 5.69 Å². The quantitative estimate of drug-likeness (QED) is 0.603. The van der Waals surface area contributed by atoms with Crippen LogP contribution >= 0.6 is 11.3 Å². The predicted molar refractivity (Wildman–Crippen MR) is 121 cm³/mol. The fraction of sp³-hybridized carbons (Fsp3) is 0.500. The Kier molecular flexibility index (Phi) is 6.17. The summed E-state index contributed by atoms with van der Waals surface area (Å²) in [5.41, 5.74) is 4.84. The molecule has 1 aromatic carbocycles. The van der Waals surface area contributed by atoms with Crippen LogP contribution in [0.25, 0.3) is 10.2 Å². The first-order chi connectivity index (χ1) is 14.5. The fourth-order valence-electron chi connectivity index (χ4n) is 3.78. The van der Waals surface area contributed by atoms with E-state index in [-0.39, 0.29) is 5.91 Å². The Morgan fingerprint density at radius 2 is 2.00 bits per heavy atom. The van der Waals surface area contributed by atoms with E-state index >= 15 is 0 Å². The molecule has 2 aromatic heterocycles. The molecule has 1 aliphatic heterocycles. The Morgan fingerprint density at radius 1 is 1.23 bits per heavy atom. The lowest BCUT2D eigenvalue weighted by atomic mass is 10.1. The summed E-state index contributed by atoms with van der Waals surface area (Å²) < 4.78 is 8.35. The van der Waals surface area contributed by atoms with Crippen LogP contribution in [0.4, 0.5) is 5.13 Å². The molecule has 0 spiro atoms. The number of thiazole rings is 1. The van der Waals surface area contributed by atoms with E-state index in [1.54, 1.807) is 16.0 Å². The maximum Gasteiger partial charge on any atom is 0.278 e. The zero-order valence-corrected chi connectivity index (χ0v) is 19.0. The van der Waals surface area contributed by atoms with E-state index in [2.05, 4.69) is 36.0 Å². The number of hydrogen-bond donors (Lipinski definition) is 0. The van der Waals surface area contributed by atoms with Crippen LogP contribution in [0.15, 0.2) is 18.2 Å². The number of carbonyl (C=O) groups excluding carboxylic acids is 1. The van der Waals surface area contributed by atoms with Gasteiger partial charge in [-0.2, -0.15) is 5.10 Å². The maximum atomic E-state index is 13.6. The highest BCUT2D eigenvalue weighted by Crippen LogP contribution is 2.32. The van der Waals surface area contributed by atoms with E-state index in [1.807, 2.05) is 24.8 Å². The lowest BCUT2D eigenvalue weighted by molar-refractivity contribution is 0.0391. The third kappa shape index (κ3) is 4.12. The Morgan fingerprint density at radius 3 is 2.73 bits per heavy atom. The number of fused-ring (bicyclic) bond motifs is 1. The van der Waals surface area contributed by atoms with Gasteiger partial charge in [-0.1, -0.05) is 17.4 Å². The van der Waals surface area contributed by atoms with Gasteiger partial charge in [-0.25, -0.2) is 4.98 Å². The summed E-state index contributed by atoms with van der Waals surface area (Å²) in [5.74, 6) is -0.0425. The first-order valence-corrected chi connectivity index (χ1v) is 11.3. The van der Waals surface area contributed by atoms with Crippen LogP contribution in [0.2, 0.25) is 0 Å². The highest BCUT2D eigenvalue weighted by molar-refractivity contribution is 7.22. The zero-order chi connectivity index (χ0) is 21.3. The Bertz CT molecular complexity index is 1050. The van der Waals surface area contributed by atoms with Crippen molar-refractivity contribution < 1.29 is 9.53 Å². The second kappa shape index (κ2) is 8.83. The number of amides is 1. The molecule has 0 unspecified atom stereocenters. The number of nitrogens with zero attached hydrogens (tertiary/aromatic N) is 5. The number of morpholine rings is 1. The SMILES string of the molecule is CCn1nc(C)cc1C(=O)N(CCN1CCOCC1)c1nc2c(C)c(C)ccc2s1. The zero-order valence-electron chi connectivity index (χ0n) is 18.1. The molecule has 160 valence electrons. The van der Waals surface area contributed by atoms with Crippen molar-refractivity contribution in [3.63, 3.8) is 0 Å². The minimum Gasteiger partial charge on any atom is -0.379 e. The van der Waals surface area contributed by atoms with Crippen molar-refractivity contribution in [2.45, 2.75) is 34.2 Å². The number of aryl methyl sites for hydroxylation is 4. The van der Waals surface area contributed by atoms with Crippen LogP contribution in [0, 0.1) is 20.8 Å². The number of benzene rings is 1. The van der Waals surface area contributed by atoms with Gasteiger partial charge in [-0.3, -0.25) is 19.3 Å². The Hall–Kier alpha value is -2.29. The second-order valence-electron chi connectivity index (χ2n) is 7.75. The Balaban J connectivity index is 1.69. The lowest BCUT2D eigenvalue weighted by Crippen LogP contribution is -2.43. The molecule has 0 aliphatic carbocycles. The number of ether oxygens (including phenoxy) is 1. The van der Waals surface area contributed by atoms with E-state index in [9.17, 15) is 4.79 Å². The molecule has 0 atom stereocenters. The van der Waals surface area contributed by atoms with Crippen molar-refractivity contribution in [1.29, 1.82) is 0 Å². The van der Waals surface area contributed by atoms with Gasteiger partial charge in [-0.05, 0) is 51.0 Å². The highest BCUT2D eigenvalue weighted by atomic mass is 32.1. The van der Waals surface area contributed by atoms with Crippen molar-refractivity contribution in [3.05, 3.63) is 40.7 Å². The van der Waals surface area contributed by atoms with Crippen molar-refractivity contribution in [3.8, 4) is 0 Å². The summed E-state index contributed by atoms with van der Waals surface area (Å²) in [4.78, 5) is 22.7. The first kappa shape index (κ1) is 21.0. The number of hydrogen-bond acceptors (Lipinski definition) is 6. The standard InChI is InChI=1S/C22H29N5O2S/c1-5-27-18(14-16(3)24-27)21(28)26(9-8-25-10-12-29-13-11-25)22-23-20-17(4)15(2)6-7-19(20)30-22/h6-7,14H,5,8-13H2,1-4H3. The molecule has 4 rings (SSSR count). The smallest absolute Gasteiger partial charge is 0.278 e. The summed E-state index contributed by atoms with van der Waals surface area (Å²) in [6.45, 7) is 13.4. The molecule has 0 bridgehead atoms. The molecule has 1 aliphatic rings. The molecule has 30 heavy (non-hydrogen) atoms. The normalized spacial score (nSPS) is 15.1.